The summed E-state index contributed by atoms with van der Waals surface area (Å²) in [5, 5.41) is 12.9. The van der Waals surface area contributed by atoms with Crippen molar-refractivity contribution in [2.75, 3.05) is 18.4 Å². The number of piperidine rings is 1. The zero-order valence-corrected chi connectivity index (χ0v) is 11.5. The molecule has 0 radical (unpaired) electrons. The van der Waals surface area contributed by atoms with Gasteiger partial charge in [0.15, 0.2) is 0 Å². The van der Waals surface area contributed by atoms with Crippen molar-refractivity contribution in [2.24, 2.45) is 0 Å². The molecule has 0 aliphatic carbocycles. The maximum absolute atomic E-state index is 9.28. The predicted molar refractivity (Wildman–Crippen MR) is 77.1 cm³/mol. The summed E-state index contributed by atoms with van der Waals surface area (Å²) in [6.45, 7) is 4.49. The lowest BCUT2D eigenvalue weighted by Gasteiger charge is -2.35. The van der Waals surface area contributed by atoms with E-state index in [0.717, 1.165) is 22.9 Å². The summed E-state index contributed by atoms with van der Waals surface area (Å²) in [6.07, 6.45) is 5.11. The van der Waals surface area contributed by atoms with E-state index in [0.29, 0.717) is 6.04 Å². The number of rotatable bonds is 2. The number of nitrogens with one attached hydrogen (secondary N) is 1. The summed E-state index contributed by atoms with van der Waals surface area (Å²) in [4.78, 5) is 2.62. The fraction of sp³-hybridized carbons (Fsp3) is 0.562. The molecule has 2 fully saturated rings. The minimum absolute atomic E-state index is 0.522. The minimum atomic E-state index is 0.522. The second-order valence-electron chi connectivity index (χ2n) is 5.81. The van der Waals surface area contributed by atoms with Gasteiger partial charge >= 0.3 is 0 Å². The van der Waals surface area contributed by atoms with Gasteiger partial charge in [-0.1, -0.05) is 12.1 Å². The van der Waals surface area contributed by atoms with Crippen LogP contribution >= 0.6 is 0 Å². The zero-order valence-electron chi connectivity index (χ0n) is 11.5. The lowest BCUT2D eigenvalue weighted by atomic mass is 9.96. The van der Waals surface area contributed by atoms with Crippen LogP contribution in [0.25, 0.3) is 0 Å². The molecular weight excluding hydrogens is 234 g/mol. The molecule has 1 N–H and O–H groups in total. The van der Waals surface area contributed by atoms with Crippen LogP contribution in [-0.2, 0) is 0 Å². The van der Waals surface area contributed by atoms with Gasteiger partial charge in [0, 0.05) is 18.6 Å². The summed E-state index contributed by atoms with van der Waals surface area (Å²) >= 11 is 0. The second kappa shape index (κ2) is 5.22. The van der Waals surface area contributed by atoms with Crippen LogP contribution in [0.3, 0.4) is 0 Å². The lowest BCUT2D eigenvalue weighted by molar-refractivity contribution is 0.188. The van der Waals surface area contributed by atoms with E-state index in [2.05, 4.69) is 16.3 Å². The first-order valence-electron chi connectivity index (χ1n) is 7.28. The summed E-state index contributed by atoms with van der Waals surface area (Å²) in [7, 11) is 0. The zero-order chi connectivity index (χ0) is 13.2. The number of nitriles is 1. The Labute approximate surface area is 115 Å². The van der Waals surface area contributed by atoms with Crippen LogP contribution < -0.4 is 5.32 Å². The van der Waals surface area contributed by atoms with Crippen LogP contribution in [0, 0.1) is 18.3 Å². The van der Waals surface area contributed by atoms with Crippen molar-refractivity contribution in [1.82, 2.24) is 4.90 Å². The molecule has 2 saturated heterocycles. The van der Waals surface area contributed by atoms with E-state index in [9.17, 15) is 5.26 Å². The van der Waals surface area contributed by atoms with E-state index >= 15 is 0 Å². The van der Waals surface area contributed by atoms with Crippen LogP contribution in [0.15, 0.2) is 18.2 Å². The third-order valence-corrected chi connectivity index (χ3v) is 4.56. The first kappa shape index (κ1) is 12.5. The van der Waals surface area contributed by atoms with Gasteiger partial charge in [0.1, 0.15) is 6.07 Å². The molecule has 2 aliphatic heterocycles. The molecule has 1 aromatic carbocycles. The number of nitrogens with zero attached hydrogens (tertiary/aromatic N) is 2. The summed E-state index contributed by atoms with van der Waals surface area (Å²) in [5.74, 6) is 0. The molecule has 2 unspecified atom stereocenters. The van der Waals surface area contributed by atoms with Gasteiger partial charge in [0.05, 0.1) is 11.3 Å². The standard InChI is InChI=1S/C16H21N3/c1-12-4-2-6-16(15(12)11-17)18-13-7-9-19-8-3-5-14(19)10-13/h2,4,6,13-14,18H,3,5,7-10H2,1H3. The van der Waals surface area contributed by atoms with Crippen LogP contribution in [0.4, 0.5) is 5.69 Å². The number of hydrogen-bond donors (Lipinski definition) is 1. The summed E-state index contributed by atoms with van der Waals surface area (Å²) in [5.41, 5.74) is 2.88. The second-order valence-corrected chi connectivity index (χ2v) is 5.81. The normalized spacial score (nSPS) is 26.7. The van der Waals surface area contributed by atoms with E-state index in [1.807, 2.05) is 25.1 Å². The molecule has 3 heteroatoms. The van der Waals surface area contributed by atoms with Crippen LogP contribution in [0.2, 0.25) is 0 Å². The number of fused-ring (bicyclic) bond motifs is 1. The number of anilines is 1. The van der Waals surface area contributed by atoms with Gasteiger partial charge in [-0.05, 0) is 50.8 Å². The van der Waals surface area contributed by atoms with Crippen LogP contribution in [0.1, 0.15) is 36.8 Å². The molecule has 3 rings (SSSR count). The summed E-state index contributed by atoms with van der Waals surface area (Å²) < 4.78 is 0. The average Bonchev–Trinajstić information content (AvgIpc) is 2.86. The Morgan fingerprint density at radius 1 is 1.32 bits per heavy atom. The molecule has 2 aliphatic rings. The Balaban J connectivity index is 1.72. The van der Waals surface area contributed by atoms with E-state index in [4.69, 9.17) is 0 Å². The maximum Gasteiger partial charge on any atom is 0.102 e. The Morgan fingerprint density at radius 3 is 3.05 bits per heavy atom. The maximum atomic E-state index is 9.28. The number of benzene rings is 1. The summed E-state index contributed by atoms with van der Waals surface area (Å²) in [6, 6.07) is 9.68. The van der Waals surface area contributed by atoms with Crippen molar-refractivity contribution in [3.8, 4) is 6.07 Å². The number of aryl methyl sites for hydroxylation is 1. The third kappa shape index (κ3) is 2.46. The van der Waals surface area contributed by atoms with Gasteiger partial charge in [-0.15, -0.1) is 0 Å². The van der Waals surface area contributed by atoms with Crippen molar-refractivity contribution < 1.29 is 0 Å². The highest BCUT2D eigenvalue weighted by Gasteiger charge is 2.31. The molecular formula is C16H21N3. The van der Waals surface area contributed by atoms with Crippen molar-refractivity contribution in [1.29, 1.82) is 5.26 Å². The monoisotopic (exact) mass is 255 g/mol. The van der Waals surface area contributed by atoms with Crippen molar-refractivity contribution in [3.63, 3.8) is 0 Å². The molecule has 2 heterocycles. The Kier molecular flexibility index (Phi) is 3.44. The van der Waals surface area contributed by atoms with Crippen molar-refractivity contribution >= 4 is 5.69 Å². The Morgan fingerprint density at radius 2 is 2.21 bits per heavy atom. The molecule has 3 nitrogen and oxygen atoms in total. The highest BCUT2D eigenvalue weighted by molar-refractivity contribution is 5.61. The van der Waals surface area contributed by atoms with Gasteiger partial charge < -0.3 is 10.2 Å². The smallest absolute Gasteiger partial charge is 0.102 e. The van der Waals surface area contributed by atoms with E-state index in [1.165, 1.54) is 38.8 Å². The molecule has 0 aromatic heterocycles. The largest absolute Gasteiger partial charge is 0.381 e. The van der Waals surface area contributed by atoms with Gasteiger partial charge in [-0.25, -0.2) is 0 Å². The highest BCUT2D eigenvalue weighted by atomic mass is 15.2. The molecule has 0 bridgehead atoms. The topological polar surface area (TPSA) is 39.1 Å². The molecule has 0 amide bonds. The molecule has 0 spiro atoms. The van der Waals surface area contributed by atoms with Crippen molar-refractivity contribution in [2.45, 2.75) is 44.7 Å². The van der Waals surface area contributed by atoms with Gasteiger partial charge in [0.25, 0.3) is 0 Å². The predicted octanol–water partition coefficient (Wildman–Crippen LogP) is 2.91. The first-order chi connectivity index (χ1) is 9.28. The van der Waals surface area contributed by atoms with E-state index < -0.39 is 0 Å². The first-order valence-corrected chi connectivity index (χ1v) is 7.28. The third-order valence-electron chi connectivity index (χ3n) is 4.56. The van der Waals surface area contributed by atoms with Crippen molar-refractivity contribution in [3.05, 3.63) is 29.3 Å². The Bertz CT molecular complexity index is 503. The lowest BCUT2D eigenvalue weighted by Crippen LogP contribution is -2.42. The van der Waals surface area contributed by atoms with Crippen LogP contribution in [0.5, 0.6) is 0 Å². The minimum Gasteiger partial charge on any atom is -0.381 e. The fourth-order valence-corrected chi connectivity index (χ4v) is 3.51. The van der Waals surface area contributed by atoms with Crippen LogP contribution in [-0.4, -0.2) is 30.1 Å². The fourth-order valence-electron chi connectivity index (χ4n) is 3.51. The highest BCUT2D eigenvalue weighted by Crippen LogP contribution is 2.29. The average molecular weight is 255 g/mol. The molecule has 1 aromatic rings. The van der Waals surface area contributed by atoms with E-state index in [1.54, 1.807) is 0 Å². The SMILES string of the molecule is Cc1cccc(NC2CCN3CCCC3C2)c1C#N. The van der Waals surface area contributed by atoms with Gasteiger partial charge in [0.2, 0.25) is 0 Å². The molecule has 2 atom stereocenters. The molecule has 100 valence electrons. The quantitative estimate of drug-likeness (QED) is 0.883. The van der Waals surface area contributed by atoms with E-state index in [-0.39, 0.29) is 0 Å². The van der Waals surface area contributed by atoms with Gasteiger partial charge in [-0.3, -0.25) is 0 Å². The molecule has 19 heavy (non-hydrogen) atoms. The molecule has 0 saturated carbocycles. The van der Waals surface area contributed by atoms with Gasteiger partial charge in [-0.2, -0.15) is 5.26 Å². The number of hydrogen-bond acceptors (Lipinski definition) is 3. The Hall–Kier alpha value is -1.53.